The second-order valence-corrected chi connectivity index (χ2v) is 8.14. The highest BCUT2D eigenvalue weighted by atomic mass is 32.2. The highest BCUT2D eigenvalue weighted by Crippen LogP contribution is 2.32. The highest BCUT2D eigenvalue weighted by Gasteiger charge is 2.14. The molecule has 31 heavy (non-hydrogen) atoms. The predicted octanol–water partition coefficient (Wildman–Crippen LogP) is 5.14. The maximum absolute atomic E-state index is 12.8. The molecule has 0 aliphatic heterocycles. The normalized spacial score (nSPS) is 11.5. The standard InChI is InChI=1S/C24H22N4O2S/c1-28(2)22-16-10-9-15-20(22)21-17-23(30-18-11-5-3-6-12-18)26-24(25-21)27-31(29)19-13-7-4-8-14-19/h3-17H,1-2H3,(H,25,26,27). The summed E-state index contributed by atoms with van der Waals surface area (Å²) in [6.07, 6.45) is 0. The SMILES string of the molecule is CN(C)c1ccccc1-c1cc(Oc2ccccc2)nc(NS(=O)c2ccccc2)n1. The number of nitrogens with zero attached hydrogens (tertiary/aromatic N) is 3. The summed E-state index contributed by atoms with van der Waals surface area (Å²) in [5.41, 5.74) is 2.58. The molecule has 1 heterocycles. The zero-order valence-electron chi connectivity index (χ0n) is 17.2. The Bertz CT molecular complexity index is 1180. The molecule has 4 aromatic rings. The number of nitrogens with one attached hydrogen (secondary N) is 1. The fraction of sp³-hybridized carbons (Fsp3) is 0.0833. The lowest BCUT2D eigenvalue weighted by atomic mass is 10.1. The Morgan fingerprint density at radius 2 is 1.48 bits per heavy atom. The minimum atomic E-state index is -1.51. The largest absolute Gasteiger partial charge is 0.439 e. The minimum absolute atomic E-state index is 0.221. The monoisotopic (exact) mass is 430 g/mol. The Kier molecular flexibility index (Phi) is 6.24. The molecule has 0 aliphatic rings. The summed E-state index contributed by atoms with van der Waals surface area (Å²) in [6.45, 7) is 0. The van der Waals surface area contributed by atoms with Crippen molar-refractivity contribution in [3.05, 3.63) is 91.0 Å². The molecule has 3 aromatic carbocycles. The van der Waals surface area contributed by atoms with Crippen molar-refractivity contribution in [3.8, 4) is 22.9 Å². The summed E-state index contributed by atoms with van der Waals surface area (Å²) >= 11 is 0. The van der Waals surface area contributed by atoms with Crippen LogP contribution in [0, 0.1) is 0 Å². The van der Waals surface area contributed by atoms with Crippen LogP contribution in [0.1, 0.15) is 0 Å². The lowest BCUT2D eigenvalue weighted by molar-refractivity contribution is 0.463. The molecule has 6 nitrogen and oxygen atoms in total. The second kappa shape index (κ2) is 9.40. The van der Waals surface area contributed by atoms with Crippen LogP contribution in [-0.2, 0) is 11.0 Å². The first-order valence-electron chi connectivity index (χ1n) is 9.72. The minimum Gasteiger partial charge on any atom is -0.439 e. The van der Waals surface area contributed by atoms with Gasteiger partial charge in [0.15, 0.2) is 11.0 Å². The average Bonchev–Trinajstić information content (AvgIpc) is 2.80. The third-order valence-electron chi connectivity index (χ3n) is 4.47. The maximum atomic E-state index is 12.8. The van der Waals surface area contributed by atoms with E-state index < -0.39 is 11.0 Å². The van der Waals surface area contributed by atoms with Crippen LogP contribution in [0.15, 0.2) is 95.9 Å². The molecule has 7 heteroatoms. The zero-order valence-corrected chi connectivity index (χ0v) is 18.0. The summed E-state index contributed by atoms with van der Waals surface area (Å²) in [4.78, 5) is 11.7. The molecule has 0 saturated heterocycles. The fourth-order valence-electron chi connectivity index (χ4n) is 3.04. The van der Waals surface area contributed by atoms with E-state index in [-0.39, 0.29) is 5.95 Å². The van der Waals surface area contributed by atoms with E-state index in [1.54, 1.807) is 18.2 Å². The van der Waals surface area contributed by atoms with Crippen LogP contribution < -0.4 is 14.4 Å². The van der Waals surface area contributed by atoms with E-state index in [0.717, 1.165) is 11.3 Å². The smallest absolute Gasteiger partial charge is 0.238 e. The van der Waals surface area contributed by atoms with Crippen LogP contribution in [0.3, 0.4) is 0 Å². The van der Waals surface area contributed by atoms with Gasteiger partial charge in [-0.15, -0.1) is 0 Å². The number of benzene rings is 3. The van der Waals surface area contributed by atoms with E-state index in [1.807, 2.05) is 91.8 Å². The van der Waals surface area contributed by atoms with Crippen LogP contribution in [0.2, 0.25) is 0 Å². The van der Waals surface area contributed by atoms with E-state index in [0.29, 0.717) is 22.2 Å². The number of hydrogen-bond donors (Lipinski definition) is 1. The third-order valence-corrected chi connectivity index (χ3v) is 5.54. The van der Waals surface area contributed by atoms with Gasteiger partial charge in [0.25, 0.3) is 0 Å². The first-order chi connectivity index (χ1) is 15.1. The highest BCUT2D eigenvalue weighted by molar-refractivity contribution is 7.86. The van der Waals surface area contributed by atoms with Crippen LogP contribution >= 0.6 is 0 Å². The lowest BCUT2D eigenvalue weighted by Crippen LogP contribution is -2.11. The molecule has 1 aromatic heterocycles. The van der Waals surface area contributed by atoms with Gasteiger partial charge in [0.2, 0.25) is 11.8 Å². The molecule has 0 radical (unpaired) electrons. The Morgan fingerprint density at radius 1 is 0.839 bits per heavy atom. The van der Waals surface area contributed by atoms with Gasteiger partial charge in [-0.3, -0.25) is 4.72 Å². The van der Waals surface area contributed by atoms with Gasteiger partial charge >= 0.3 is 0 Å². The average molecular weight is 431 g/mol. The number of aromatic nitrogens is 2. The van der Waals surface area contributed by atoms with Gasteiger partial charge in [0, 0.05) is 31.4 Å². The van der Waals surface area contributed by atoms with Gasteiger partial charge in [0.05, 0.1) is 10.6 Å². The number of hydrogen-bond acceptors (Lipinski definition) is 5. The molecule has 1 unspecified atom stereocenters. The van der Waals surface area contributed by atoms with Crippen molar-refractivity contribution in [3.63, 3.8) is 0 Å². The van der Waals surface area contributed by atoms with Gasteiger partial charge in [0.1, 0.15) is 5.75 Å². The molecule has 156 valence electrons. The van der Waals surface area contributed by atoms with Crippen molar-refractivity contribution in [1.29, 1.82) is 0 Å². The first kappa shape index (κ1) is 20.6. The van der Waals surface area contributed by atoms with E-state index in [1.165, 1.54) is 0 Å². The van der Waals surface area contributed by atoms with Gasteiger partial charge in [-0.1, -0.05) is 54.6 Å². The van der Waals surface area contributed by atoms with E-state index in [9.17, 15) is 4.21 Å². The maximum Gasteiger partial charge on any atom is 0.238 e. The van der Waals surface area contributed by atoms with Crippen LogP contribution in [0.5, 0.6) is 11.6 Å². The molecular weight excluding hydrogens is 408 g/mol. The van der Waals surface area contributed by atoms with Crippen molar-refractivity contribution in [2.24, 2.45) is 0 Å². The van der Waals surface area contributed by atoms with Crippen molar-refractivity contribution < 1.29 is 8.95 Å². The summed E-state index contributed by atoms with van der Waals surface area (Å²) in [7, 11) is 2.45. The molecular formula is C24H22N4O2S. The Balaban J connectivity index is 1.75. The van der Waals surface area contributed by atoms with Gasteiger partial charge < -0.3 is 9.64 Å². The van der Waals surface area contributed by atoms with Crippen molar-refractivity contribution in [1.82, 2.24) is 9.97 Å². The lowest BCUT2D eigenvalue weighted by Gasteiger charge is -2.18. The predicted molar refractivity (Wildman–Crippen MR) is 125 cm³/mol. The van der Waals surface area contributed by atoms with Gasteiger partial charge in [-0.25, -0.2) is 9.19 Å². The summed E-state index contributed by atoms with van der Waals surface area (Å²) in [6, 6.07) is 28.3. The van der Waals surface area contributed by atoms with E-state index in [4.69, 9.17) is 4.74 Å². The number of rotatable bonds is 7. The van der Waals surface area contributed by atoms with Crippen molar-refractivity contribution >= 4 is 22.6 Å². The second-order valence-electron chi connectivity index (χ2n) is 6.93. The molecule has 0 spiro atoms. The Hall–Kier alpha value is -3.71. The first-order valence-corrected chi connectivity index (χ1v) is 10.9. The van der Waals surface area contributed by atoms with Gasteiger partial charge in [-0.2, -0.15) is 4.98 Å². The van der Waals surface area contributed by atoms with E-state index in [2.05, 4.69) is 14.7 Å². The van der Waals surface area contributed by atoms with E-state index >= 15 is 0 Å². The quantitative estimate of drug-likeness (QED) is 0.440. The number of anilines is 2. The molecule has 1 atom stereocenters. The third kappa shape index (κ3) is 5.07. The number of ether oxygens (including phenoxy) is 1. The van der Waals surface area contributed by atoms with Crippen LogP contribution in [0.25, 0.3) is 11.3 Å². The zero-order chi connectivity index (χ0) is 21.6. The summed E-state index contributed by atoms with van der Waals surface area (Å²) < 4.78 is 21.6. The summed E-state index contributed by atoms with van der Waals surface area (Å²) in [5, 5.41) is 0. The number of para-hydroxylation sites is 2. The van der Waals surface area contributed by atoms with Gasteiger partial charge in [-0.05, 0) is 30.3 Å². The summed E-state index contributed by atoms with van der Waals surface area (Å²) in [5.74, 6) is 1.24. The molecule has 0 bridgehead atoms. The molecule has 0 fully saturated rings. The molecule has 0 saturated carbocycles. The van der Waals surface area contributed by atoms with Crippen LogP contribution in [-0.4, -0.2) is 28.3 Å². The molecule has 1 N–H and O–H groups in total. The van der Waals surface area contributed by atoms with Crippen LogP contribution in [0.4, 0.5) is 11.6 Å². The molecule has 4 rings (SSSR count). The molecule has 0 amide bonds. The van der Waals surface area contributed by atoms with Crippen molar-refractivity contribution in [2.45, 2.75) is 4.90 Å². The Labute approximate surface area is 184 Å². The fourth-order valence-corrected chi connectivity index (χ4v) is 3.82. The van der Waals surface area contributed by atoms with Crippen molar-refractivity contribution in [2.75, 3.05) is 23.7 Å². The topological polar surface area (TPSA) is 67.3 Å². The molecule has 0 aliphatic carbocycles. The Morgan fingerprint density at radius 3 is 2.19 bits per heavy atom.